The van der Waals surface area contributed by atoms with Crippen molar-refractivity contribution in [1.82, 2.24) is 0 Å². The minimum atomic E-state index is -3.90. The Balaban J connectivity index is 2.73. The Morgan fingerprint density at radius 1 is 0.429 bits per heavy atom. The fourth-order valence-electron chi connectivity index (χ4n) is 4.34. The van der Waals surface area contributed by atoms with Gasteiger partial charge in [-0.25, -0.2) is 43.9 Å². The van der Waals surface area contributed by atoms with E-state index in [2.05, 4.69) is 0 Å². The second-order valence-corrected chi connectivity index (χ2v) is 11.3. The Kier molecular flexibility index (Phi) is 10.2. The van der Waals surface area contributed by atoms with Crippen molar-refractivity contribution in [2.75, 3.05) is 6.66 Å². The molecule has 2 rings (SSSR count). The van der Waals surface area contributed by atoms with Gasteiger partial charge in [-0.05, 0) is 51.2 Å². The molecule has 0 fully saturated rings. The van der Waals surface area contributed by atoms with Crippen LogP contribution >= 0.6 is 7.14 Å². The molecule has 2 aromatic carbocycles. The molecule has 0 aliphatic heterocycles. The van der Waals surface area contributed by atoms with Crippen molar-refractivity contribution in [3.05, 3.63) is 67.3 Å². The smallest absolute Gasteiger partial charge is 0.165 e. The molecule has 2 aromatic rings. The number of halogens is 10. The van der Waals surface area contributed by atoms with Crippen molar-refractivity contribution in [3.8, 4) is 0 Å². The minimum absolute atomic E-state index is 0.410. The SMILES string of the molecule is CP(=O)(Cc1c(F)c(F)c(CF)c(CF)c1CF)Cc1c(CF)c(CF)c(CF)c(CF)c1CF. The summed E-state index contributed by atoms with van der Waals surface area (Å²) >= 11 is 0. The van der Waals surface area contributed by atoms with E-state index < -0.39 is 140 Å². The van der Waals surface area contributed by atoms with Crippen LogP contribution in [0.1, 0.15) is 55.6 Å². The molecule has 0 aliphatic rings. The predicted octanol–water partition coefficient (Wildman–Crippen LogP) is 8.41. The molecule has 0 saturated carbocycles. The van der Waals surface area contributed by atoms with E-state index in [9.17, 15) is 48.5 Å². The third kappa shape index (κ3) is 5.54. The molecule has 0 N–H and O–H groups in total. The maximum Gasteiger partial charge on any atom is 0.165 e. The average molecular weight is 536 g/mol. The van der Waals surface area contributed by atoms with E-state index in [1.165, 1.54) is 0 Å². The molecule has 0 spiro atoms. The van der Waals surface area contributed by atoms with Crippen LogP contribution in [0.25, 0.3) is 0 Å². The van der Waals surface area contributed by atoms with Crippen molar-refractivity contribution in [3.63, 3.8) is 0 Å². The fourth-order valence-corrected chi connectivity index (χ4v) is 6.50. The van der Waals surface area contributed by atoms with Gasteiger partial charge in [-0.3, -0.25) is 0 Å². The summed E-state index contributed by atoms with van der Waals surface area (Å²) in [6, 6.07) is 0. The number of benzene rings is 2. The Labute approximate surface area is 195 Å². The highest BCUT2D eigenvalue weighted by Crippen LogP contribution is 2.52. The van der Waals surface area contributed by atoms with Crippen LogP contribution in [0.15, 0.2) is 0 Å². The first-order valence-corrected chi connectivity index (χ1v) is 12.8. The van der Waals surface area contributed by atoms with Gasteiger partial charge in [0.15, 0.2) is 11.6 Å². The van der Waals surface area contributed by atoms with E-state index in [1.54, 1.807) is 0 Å². The zero-order valence-electron chi connectivity index (χ0n) is 18.7. The summed E-state index contributed by atoms with van der Waals surface area (Å²) in [4.78, 5) is 0. The van der Waals surface area contributed by atoms with Crippen molar-refractivity contribution in [2.45, 2.75) is 65.7 Å². The topological polar surface area (TPSA) is 17.1 Å². The first-order chi connectivity index (χ1) is 16.6. The Morgan fingerprint density at radius 2 is 0.657 bits per heavy atom. The Bertz CT molecular complexity index is 1090. The molecule has 12 heteroatoms. The molecule has 196 valence electrons. The maximum absolute atomic E-state index is 14.7. The molecule has 1 nitrogen and oxygen atoms in total. The van der Waals surface area contributed by atoms with E-state index >= 15 is 0 Å². The molecule has 0 radical (unpaired) electrons. The van der Waals surface area contributed by atoms with Gasteiger partial charge in [0, 0.05) is 23.5 Å². The van der Waals surface area contributed by atoms with Crippen LogP contribution in [-0.2, 0) is 70.3 Å². The van der Waals surface area contributed by atoms with E-state index in [1.807, 2.05) is 0 Å². The van der Waals surface area contributed by atoms with Gasteiger partial charge in [0.25, 0.3) is 0 Å². The Hall–Kier alpha value is -2.03. The summed E-state index contributed by atoms with van der Waals surface area (Å²) in [6.45, 7) is -10.9. The fraction of sp³-hybridized carbons (Fsp3) is 0.478. The first-order valence-electron chi connectivity index (χ1n) is 10.3. The predicted molar refractivity (Wildman–Crippen MR) is 112 cm³/mol. The second kappa shape index (κ2) is 12.3. The highest BCUT2D eigenvalue weighted by molar-refractivity contribution is 7.61. The minimum Gasteiger partial charge on any atom is -0.323 e. The highest BCUT2D eigenvalue weighted by Gasteiger charge is 2.31. The largest absolute Gasteiger partial charge is 0.323 e. The van der Waals surface area contributed by atoms with Crippen LogP contribution in [0.4, 0.5) is 43.9 Å². The van der Waals surface area contributed by atoms with Gasteiger partial charge in [0.05, 0.1) is 7.14 Å². The molecule has 0 amide bonds. The molecule has 0 aliphatic carbocycles. The van der Waals surface area contributed by atoms with Crippen LogP contribution in [0.3, 0.4) is 0 Å². The van der Waals surface area contributed by atoms with Crippen molar-refractivity contribution < 1.29 is 48.5 Å². The zero-order chi connectivity index (χ0) is 26.5. The number of rotatable bonds is 12. The van der Waals surface area contributed by atoms with Gasteiger partial charge < -0.3 is 4.57 Å². The quantitative estimate of drug-likeness (QED) is 0.197. The maximum atomic E-state index is 14.7. The van der Waals surface area contributed by atoms with Crippen LogP contribution in [0.5, 0.6) is 0 Å². The molecular weight excluding hydrogens is 513 g/mol. The number of hydrogen-bond acceptors (Lipinski definition) is 1. The van der Waals surface area contributed by atoms with Crippen LogP contribution in [0, 0.1) is 11.6 Å². The summed E-state index contributed by atoms with van der Waals surface area (Å²) in [5.41, 5.74) is -6.55. The van der Waals surface area contributed by atoms with Crippen molar-refractivity contribution in [2.24, 2.45) is 0 Å². The lowest BCUT2D eigenvalue weighted by Gasteiger charge is -2.25. The number of alkyl halides is 8. The van der Waals surface area contributed by atoms with Gasteiger partial charge >= 0.3 is 0 Å². The van der Waals surface area contributed by atoms with Gasteiger partial charge in [0.2, 0.25) is 0 Å². The average Bonchev–Trinajstić information content (AvgIpc) is 2.84. The Morgan fingerprint density at radius 3 is 1.00 bits per heavy atom. The van der Waals surface area contributed by atoms with E-state index in [-0.39, 0.29) is 0 Å². The lowest BCUT2D eigenvalue weighted by molar-refractivity contribution is 0.404. The highest BCUT2D eigenvalue weighted by atomic mass is 31.2. The molecule has 0 aromatic heterocycles. The summed E-state index contributed by atoms with van der Waals surface area (Å²) < 4.78 is 151. The molecule has 1 unspecified atom stereocenters. The van der Waals surface area contributed by atoms with Gasteiger partial charge in [-0.15, -0.1) is 0 Å². The lowest BCUT2D eigenvalue weighted by Crippen LogP contribution is -2.13. The third-order valence-corrected chi connectivity index (χ3v) is 8.03. The van der Waals surface area contributed by atoms with E-state index in [0.717, 1.165) is 6.66 Å². The summed E-state index contributed by atoms with van der Waals surface area (Å²) in [5.74, 6) is -3.53. The molecule has 0 heterocycles. The lowest BCUT2D eigenvalue weighted by atomic mass is 9.89. The van der Waals surface area contributed by atoms with Gasteiger partial charge in [-0.1, -0.05) is 0 Å². The monoisotopic (exact) mass is 536 g/mol. The standard InChI is InChI=1S/C23H23F10OP/c1-35(34,11-21-18(8-30)15(5-27)19(9-31)22(32)23(21)33)10-20-16(6-28)13(3-25)12(2-24)14(4-26)17(20)7-29/h2-11H2,1H3. The van der Waals surface area contributed by atoms with E-state index in [0.29, 0.717) is 0 Å². The van der Waals surface area contributed by atoms with Crippen molar-refractivity contribution in [1.29, 1.82) is 0 Å². The zero-order valence-corrected chi connectivity index (χ0v) is 19.6. The van der Waals surface area contributed by atoms with E-state index in [4.69, 9.17) is 0 Å². The second-order valence-electron chi connectivity index (χ2n) is 8.10. The van der Waals surface area contributed by atoms with Gasteiger partial charge in [-0.2, -0.15) is 0 Å². The first kappa shape index (κ1) is 29.2. The van der Waals surface area contributed by atoms with Crippen LogP contribution < -0.4 is 0 Å². The third-order valence-electron chi connectivity index (χ3n) is 6.06. The molecule has 1 atom stereocenters. The van der Waals surface area contributed by atoms with Crippen molar-refractivity contribution >= 4 is 7.14 Å². The molecular formula is C23H23F10OP. The molecule has 0 bridgehead atoms. The number of hydrogen-bond donors (Lipinski definition) is 0. The van der Waals surface area contributed by atoms with Crippen LogP contribution in [-0.4, -0.2) is 6.66 Å². The summed E-state index contributed by atoms with van der Waals surface area (Å²) in [6.07, 6.45) is -1.70. The molecule has 0 saturated heterocycles. The summed E-state index contributed by atoms with van der Waals surface area (Å²) in [7, 11) is -3.90. The van der Waals surface area contributed by atoms with Crippen LogP contribution in [0.2, 0.25) is 0 Å². The molecule has 35 heavy (non-hydrogen) atoms. The summed E-state index contributed by atoms with van der Waals surface area (Å²) in [5, 5.41) is 0. The normalized spacial score (nSPS) is 13.3. The van der Waals surface area contributed by atoms with Gasteiger partial charge in [0.1, 0.15) is 53.4 Å².